The lowest BCUT2D eigenvalue weighted by atomic mass is 9.97. The van der Waals surface area contributed by atoms with Gasteiger partial charge in [0.15, 0.2) is 0 Å². The Morgan fingerprint density at radius 2 is 1.78 bits per heavy atom. The highest BCUT2D eigenvalue weighted by Gasteiger charge is 2.16. The van der Waals surface area contributed by atoms with Crippen molar-refractivity contribution in [3.05, 3.63) is 64.5 Å². The molecule has 0 spiro atoms. The first-order valence-electron chi connectivity index (χ1n) is 6.07. The molecule has 0 aliphatic rings. The highest BCUT2D eigenvalue weighted by Crippen LogP contribution is 2.24. The van der Waals surface area contributed by atoms with E-state index in [4.69, 9.17) is 5.84 Å². The molecule has 1 aromatic carbocycles. The van der Waals surface area contributed by atoms with E-state index in [9.17, 15) is 0 Å². The predicted octanol–water partition coefficient (Wildman–Crippen LogP) is 2.56. The molecule has 1 unspecified atom stereocenters. The third-order valence-corrected chi connectivity index (χ3v) is 3.07. The minimum Gasteiger partial charge on any atom is -0.271 e. The zero-order valence-corrected chi connectivity index (χ0v) is 11.1. The molecular weight excluding hydrogens is 222 g/mol. The van der Waals surface area contributed by atoms with E-state index < -0.39 is 0 Å². The Bertz CT molecular complexity index is 529. The second-order valence-corrected chi connectivity index (χ2v) is 4.73. The van der Waals surface area contributed by atoms with Crippen molar-refractivity contribution in [3.63, 3.8) is 0 Å². The van der Waals surface area contributed by atoms with Crippen LogP contribution in [0.25, 0.3) is 0 Å². The third kappa shape index (κ3) is 2.58. The van der Waals surface area contributed by atoms with Gasteiger partial charge in [-0.2, -0.15) is 0 Å². The first-order valence-corrected chi connectivity index (χ1v) is 6.07. The Labute approximate surface area is 108 Å². The maximum absolute atomic E-state index is 5.72. The molecule has 1 heterocycles. The molecular formula is C15H19N3. The first-order chi connectivity index (χ1) is 8.61. The van der Waals surface area contributed by atoms with Gasteiger partial charge in [-0.05, 0) is 38.0 Å². The van der Waals surface area contributed by atoms with Gasteiger partial charge in [-0.25, -0.2) is 5.43 Å². The van der Waals surface area contributed by atoms with Crippen molar-refractivity contribution in [1.82, 2.24) is 10.4 Å². The zero-order valence-electron chi connectivity index (χ0n) is 11.1. The molecule has 94 valence electrons. The summed E-state index contributed by atoms with van der Waals surface area (Å²) in [5.74, 6) is 5.72. The van der Waals surface area contributed by atoms with Crippen LogP contribution in [0.5, 0.6) is 0 Å². The lowest BCUT2D eigenvalue weighted by molar-refractivity contribution is 0.616. The van der Waals surface area contributed by atoms with E-state index in [0.717, 1.165) is 16.8 Å². The van der Waals surface area contributed by atoms with Crippen LogP contribution in [0.15, 0.2) is 36.5 Å². The van der Waals surface area contributed by atoms with E-state index in [-0.39, 0.29) is 6.04 Å². The molecule has 3 heteroatoms. The van der Waals surface area contributed by atoms with Crippen molar-refractivity contribution in [1.29, 1.82) is 0 Å². The van der Waals surface area contributed by atoms with Crippen LogP contribution in [0, 0.1) is 20.8 Å². The highest BCUT2D eigenvalue weighted by atomic mass is 15.2. The Kier molecular flexibility index (Phi) is 3.75. The summed E-state index contributed by atoms with van der Waals surface area (Å²) in [4.78, 5) is 4.44. The van der Waals surface area contributed by atoms with E-state index in [0.29, 0.717) is 0 Å². The average molecular weight is 241 g/mol. The fourth-order valence-corrected chi connectivity index (χ4v) is 2.31. The van der Waals surface area contributed by atoms with Crippen LogP contribution in [0.1, 0.15) is 34.0 Å². The topological polar surface area (TPSA) is 50.9 Å². The normalized spacial score (nSPS) is 12.4. The number of hydrogen-bond acceptors (Lipinski definition) is 3. The quantitative estimate of drug-likeness (QED) is 0.641. The summed E-state index contributed by atoms with van der Waals surface area (Å²) in [5.41, 5.74) is 8.60. The van der Waals surface area contributed by atoms with Crippen LogP contribution in [0.2, 0.25) is 0 Å². The molecule has 1 aromatic heterocycles. The summed E-state index contributed by atoms with van der Waals surface area (Å²) in [6, 6.07) is 10.4. The summed E-state index contributed by atoms with van der Waals surface area (Å²) in [5, 5.41) is 0. The number of nitrogens with two attached hydrogens (primary N) is 1. The molecule has 0 bridgehead atoms. The molecule has 0 saturated carbocycles. The molecule has 3 N–H and O–H groups in total. The van der Waals surface area contributed by atoms with E-state index in [1.54, 1.807) is 6.20 Å². The zero-order chi connectivity index (χ0) is 13.1. The van der Waals surface area contributed by atoms with Gasteiger partial charge in [-0.15, -0.1) is 0 Å². The monoisotopic (exact) mass is 241 g/mol. The molecule has 0 amide bonds. The minimum atomic E-state index is -0.0650. The van der Waals surface area contributed by atoms with Crippen molar-refractivity contribution in [3.8, 4) is 0 Å². The van der Waals surface area contributed by atoms with Gasteiger partial charge in [-0.1, -0.05) is 35.4 Å². The highest BCUT2D eigenvalue weighted by molar-refractivity contribution is 5.36. The number of pyridine rings is 1. The third-order valence-electron chi connectivity index (χ3n) is 3.07. The van der Waals surface area contributed by atoms with E-state index in [1.807, 2.05) is 6.07 Å². The van der Waals surface area contributed by atoms with Crippen LogP contribution in [-0.2, 0) is 0 Å². The summed E-state index contributed by atoms with van der Waals surface area (Å²) in [6.45, 7) is 6.24. The Morgan fingerprint density at radius 3 is 2.33 bits per heavy atom. The lowest BCUT2D eigenvalue weighted by Gasteiger charge is -2.18. The minimum absolute atomic E-state index is 0.0650. The Hall–Kier alpha value is -1.71. The number of hydrazine groups is 1. The second-order valence-electron chi connectivity index (χ2n) is 4.73. The molecule has 1 atom stereocenters. The molecule has 0 aliphatic carbocycles. The maximum atomic E-state index is 5.72. The fourth-order valence-electron chi connectivity index (χ4n) is 2.31. The average Bonchev–Trinajstić information content (AvgIpc) is 2.31. The number of nitrogens with zero attached hydrogens (tertiary/aromatic N) is 1. The molecule has 2 rings (SSSR count). The van der Waals surface area contributed by atoms with Crippen molar-refractivity contribution in [2.24, 2.45) is 5.84 Å². The molecule has 0 fully saturated rings. The second kappa shape index (κ2) is 5.29. The number of benzene rings is 1. The molecule has 0 aliphatic heterocycles. The van der Waals surface area contributed by atoms with Gasteiger partial charge in [0.2, 0.25) is 0 Å². The van der Waals surface area contributed by atoms with Gasteiger partial charge >= 0.3 is 0 Å². The van der Waals surface area contributed by atoms with Crippen LogP contribution < -0.4 is 11.3 Å². The van der Waals surface area contributed by atoms with Gasteiger partial charge in [0.05, 0.1) is 11.7 Å². The number of aryl methyl sites for hydroxylation is 3. The largest absolute Gasteiger partial charge is 0.271 e. The molecule has 2 aromatic rings. The number of hydrogen-bond donors (Lipinski definition) is 2. The van der Waals surface area contributed by atoms with E-state index >= 15 is 0 Å². The van der Waals surface area contributed by atoms with E-state index in [1.165, 1.54) is 11.1 Å². The van der Waals surface area contributed by atoms with Crippen LogP contribution in [0.3, 0.4) is 0 Å². The van der Waals surface area contributed by atoms with Gasteiger partial charge in [-0.3, -0.25) is 10.8 Å². The van der Waals surface area contributed by atoms with Crippen LogP contribution in [-0.4, -0.2) is 4.98 Å². The van der Waals surface area contributed by atoms with Crippen molar-refractivity contribution >= 4 is 0 Å². The number of nitrogens with one attached hydrogen (secondary N) is 1. The smallest absolute Gasteiger partial charge is 0.0884 e. The Morgan fingerprint density at radius 1 is 1.11 bits per heavy atom. The van der Waals surface area contributed by atoms with Gasteiger partial charge in [0.25, 0.3) is 0 Å². The summed E-state index contributed by atoms with van der Waals surface area (Å²) < 4.78 is 0. The fraction of sp³-hybridized carbons (Fsp3) is 0.267. The van der Waals surface area contributed by atoms with Crippen molar-refractivity contribution in [2.75, 3.05) is 0 Å². The molecule has 0 saturated heterocycles. The van der Waals surface area contributed by atoms with Gasteiger partial charge < -0.3 is 0 Å². The van der Waals surface area contributed by atoms with E-state index in [2.05, 4.69) is 55.4 Å². The summed E-state index contributed by atoms with van der Waals surface area (Å²) in [7, 11) is 0. The summed E-state index contributed by atoms with van der Waals surface area (Å²) >= 11 is 0. The molecule has 0 radical (unpaired) electrons. The molecule has 18 heavy (non-hydrogen) atoms. The van der Waals surface area contributed by atoms with Crippen molar-refractivity contribution < 1.29 is 0 Å². The molecule has 3 nitrogen and oxygen atoms in total. The summed E-state index contributed by atoms with van der Waals surface area (Å²) in [6.07, 6.45) is 1.80. The number of aromatic nitrogens is 1. The first kappa shape index (κ1) is 12.7. The SMILES string of the molecule is Cc1cc(C)cc(C(NN)c2ncccc2C)c1. The predicted molar refractivity (Wildman–Crippen MR) is 74.1 cm³/mol. The van der Waals surface area contributed by atoms with Gasteiger partial charge in [0, 0.05) is 6.20 Å². The van der Waals surface area contributed by atoms with Crippen LogP contribution in [0.4, 0.5) is 0 Å². The standard InChI is InChI=1S/C15H19N3/c1-10-7-11(2)9-13(8-10)15(18-16)14-12(3)5-4-6-17-14/h4-9,15,18H,16H2,1-3H3. The van der Waals surface area contributed by atoms with Crippen LogP contribution >= 0.6 is 0 Å². The lowest BCUT2D eigenvalue weighted by Crippen LogP contribution is -2.30. The van der Waals surface area contributed by atoms with Gasteiger partial charge in [0.1, 0.15) is 0 Å². The maximum Gasteiger partial charge on any atom is 0.0884 e. The number of rotatable bonds is 3. The van der Waals surface area contributed by atoms with Crippen molar-refractivity contribution in [2.45, 2.75) is 26.8 Å². The Balaban J connectivity index is 2.48.